The number of hydrogen-bond acceptors (Lipinski definition) is 7. The lowest BCUT2D eigenvalue weighted by Crippen LogP contribution is -2.59. The van der Waals surface area contributed by atoms with Gasteiger partial charge in [0, 0.05) is 24.1 Å². The summed E-state index contributed by atoms with van der Waals surface area (Å²) in [7, 11) is -4.24. The fraction of sp³-hybridized carbons (Fsp3) is 0.500. The van der Waals surface area contributed by atoms with Crippen LogP contribution >= 0.6 is 27.3 Å². The number of aliphatic hydroxyl groups is 1. The third-order valence-corrected chi connectivity index (χ3v) is 7.64. The van der Waals surface area contributed by atoms with Crippen molar-refractivity contribution in [3.63, 3.8) is 0 Å². The van der Waals surface area contributed by atoms with Crippen LogP contribution in [0.5, 0.6) is 0 Å². The number of β-amino-alcohol motifs (C(OH)–C–C–N with tert-alkyl or cyclic N) is 1. The molecule has 1 aliphatic rings. The second-order valence-electron chi connectivity index (χ2n) is 7.26. The van der Waals surface area contributed by atoms with Crippen molar-refractivity contribution in [1.82, 2.24) is 10.3 Å². The van der Waals surface area contributed by atoms with Crippen molar-refractivity contribution < 1.29 is 22.3 Å². The molecule has 2 aromatic rings. The molecule has 0 radical (unpaired) electrons. The Morgan fingerprint density at radius 2 is 1.97 bits per heavy atom. The van der Waals surface area contributed by atoms with Gasteiger partial charge in [0.2, 0.25) is 0 Å². The minimum absolute atomic E-state index is 0.175. The molecule has 1 saturated heterocycles. The fourth-order valence-corrected chi connectivity index (χ4v) is 5.60. The molecule has 0 saturated carbocycles. The summed E-state index contributed by atoms with van der Waals surface area (Å²) < 4.78 is 54.7. The zero-order valence-corrected chi connectivity index (χ0v) is 19.3. The molecule has 2 heterocycles. The summed E-state index contributed by atoms with van der Waals surface area (Å²) in [5.74, 6) is -0.924. The normalized spacial score (nSPS) is 15.6. The van der Waals surface area contributed by atoms with Crippen molar-refractivity contribution in [2.24, 2.45) is 0 Å². The van der Waals surface area contributed by atoms with Crippen LogP contribution in [-0.2, 0) is 10.0 Å². The van der Waals surface area contributed by atoms with E-state index in [1.54, 1.807) is 0 Å². The number of sulfonamides is 1. The SMILES string of the molecule is O=S(=O)(Nc1ncc(F)s1)c1cc(Br)c(NCCCCCCC2(O)CNC2)cc1F. The summed E-state index contributed by atoms with van der Waals surface area (Å²) in [4.78, 5) is 3.02. The summed E-state index contributed by atoms with van der Waals surface area (Å²) >= 11 is 3.78. The average Bonchev–Trinajstić information content (AvgIpc) is 3.05. The van der Waals surface area contributed by atoms with Crippen molar-refractivity contribution in [3.8, 4) is 0 Å². The molecular weight excluding hydrogens is 502 g/mol. The van der Waals surface area contributed by atoms with Gasteiger partial charge in [-0.25, -0.2) is 17.8 Å². The molecule has 12 heteroatoms. The van der Waals surface area contributed by atoms with Gasteiger partial charge >= 0.3 is 0 Å². The van der Waals surface area contributed by atoms with Gasteiger partial charge in [-0.15, -0.1) is 0 Å². The second kappa shape index (κ2) is 9.86. The van der Waals surface area contributed by atoms with Crippen molar-refractivity contribution in [2.75, 3.05) is 29.7 Å². The monoisotopic (exact) mass is 524 g/mol. The summed E-state index contributed by atoms with van der Waals surface area (Å²) in [6.07, 6.45) is 5.47. The number of rotatable bonds is 11. The Morgan fingerprint density at radius 1 is 1.23 bits per heavy atom. The molecule has 1 aromatic carbocycles. The summed E-state index contributed by atoms with van der Waals surface area (Å²) in [5.41, 5.74) is -0.0905. The van der Waals surface area contributed by atoms with E-state index in [0.29, 0.717) is 41.1 Å². The van der Waals surface area contributed by atoms with Crippen molar-refractivity contribution in [1.29, 1.82) is 0 Å². The topological polar surface area (TPSA) is 103 Å². The maximum atomic E-state index is 14.5. The van der Waals surface area contributed by atoms with Crippen LogP contribution in [0.4, 0.5) is 19.6 Å². The highest BCUT2D eigenvalue weighted by molar-refractivity contribution is 9.10. The van der Waals surface area contributed by atoms with Gasteiger partial charge in [-0.2, -0.15) is 4.39 Å². The number of nitrogens with one attached hydrogen (secondary N) is 3. The number of unbranched alkanes of at least 4 members (excludes halogenated alkanes) is 3. The number of nitrogens with zero attached hydrogens (tertiary/aromatic N) is 1. The van der Waals surface area contributed by atoms with E-state index in [2.05, 4.69) is 36.3 Å². The fourth-order valence-electron chi connectivity index (χ4n) is 3.09. The van der Waals surface area contributed by atoms with E-state index in [-0.39, 0.29) is 5.13 Å². The summed E-state index contributed by atoms with van der Waals surface area (Å²) in [5, 5.41) is 15.3. The molecule has 0 aliphatic carbocycles. The van der Waals surface area contributed by atoms with Crippen LogP contribution in [0.2, 0.25) is 0 Å². The number of thiazole rings is 1. The van der Waals surface area contributed by atoms with Gasteiger partial charge in [-0.05, 0) is 40.9 Å². The number of anilines is 2. The lowest BCUT2D eigenvalue weighted by Gasteiger charge is -2.37. The molecule has 0 spiro atoms. The highest BCUT2D eigenvalue weighted by atomic mass is 79.9. The highest BCUT2D eigenvalue weighted by Crippen LogP contribution is 2.30. The van der Waals surface area contributed by atoms with Crippen molar-refractivity contribution >= 4 is 48.1 Å². The van der Waals surface area contributed by atoms with Gasteiger partial charge in [-0.3, -0.25) is 4.72 Å². The summed E-state index contributed by atoms with van der Waals surface area (Å²) in [6.45, 7) is 1.93. The third-order valence-electron chi connectivity index (χ3n) is 4.80. The predicted octanol–water partition coefficient (Wildman–Crippen LogP) is 3.68. The quantitative estimate of drug-likeness (QED) is 0.334. The Balaban J connectivity index is 1.49. The first-order valence-electron chi connectivity index (χ1n) is 9.49. The van der Waals surface area contributed by atoms with Gasteiger partial charge in [-0.1, -0.05) is 30.6 Å². The minimum atomic E-state index is -4.24. The van der Waals surface area contributed by atoms with Gasteiger partial charge in [0.15, 0.2) is 10.3 Å². The largest absolute Gasteiger partial charge is 0.387 e. The van der Waals surface area contributed by atoms with E-state index >= 15 is 0 Å². The second-order valence-corrected chi connectivity index (χ2v) is 10.7. The first kappa shape index (κ1) is 23.3. The zero-order valence-electron chi connectivity index (χ0n) is 16.1. The average molecular weight is 525 g/mol. The molecule has 1 aromatic heterocycles. The maximum Gasteiger partial charge on any atom is 0.266 e. The Labute approximate surface area is 186 Å². The molecule has 1 aliphatic heterocycles. The maximum absolute atomic E-state index is 14.5. The standard InChI is InChI=1S/C18H23BrF2N4O3S2/c19-12-7-15(30(27,28)25-17-24-9-16(21)29-17)13(20)8-14(12)23-6-4-2-1-3-5-18(26)10-22-11-18/h7-9,22-23,26H,1-6,10-11H2,(H,24,25). The molecule has 0 atom stereocenters. The van der Waals surface area contributed by atoms with Crippen LogP contribution in [-0.4, -0.2) is 43.7 Å². The van der Waals surface area contributed by atoms with Gasteiger partial charge in [0.1, 0.15) is 10.7 Å². The molecule has 3 rings (SSSR count). The molecular formula is C18H23BrF2N4O3S2. The Morgan fingerprint density at radius 3 is 2.60 bits per heavy atom. The van der Waals surface area contributed by atoms with Crippen LogP contribution in [0.15, 0.2) is 27.7 Å². The van der Waals surface area contributed by atoms with Crippen LogP contribution in [0.1, 0.15) is 32.1 Å². The van der Waals surface area contributed by atoms with Crippen molar-refractivity contribution in [3.05, 3.63) is 33.8 Å². The zero-order chi connectivity index (χ0) is 21.8. The first-order chi connectivity index (χ1) is 14.2. The predicted molar refractivity (Wildman–Crippen MR) is 116 cm³/mol. The van der Waals surface area contributed by atoms with E-state index in [1.807, 2.05) is 0 Å². The number of aromatic nitrogens is 1. The molecule has 30 heavy (non-hydrogen) atoms. The Kier molecular flexibility index (Phi) is 7.66. The van der Waals surface area contributed by atoms with Crippen LogP contribution < -0.4 is 15.4 Å². The molecule has 0 unspecified atom stereocenters. The van der Waals surface area contributed by atoms with Crippen LogP contribution in [0.3, 0.4) is 0 Å². The number of benzene rings is 1. The first-order valence-corrected chi connectivity index (χ1v) is 12.6. The van der Waals surface area contributed by atoms with Gasteiger partial charge in [0.25, 0.3) is 10.0 Å². The smallest absolute Gasteiger partial charge is 0.266 e. The van der Waals surface area contributed by atoms with E-state index in [0.717, 1.165) is 50.4 Å². The highest BCUT2D eigenvalue weighted by Gasteiger charge is 2.33. The lowest BCUT2D eigenvalue weighted by molar-refractivity contribution is -0.0191. The molecule has 4 N–H and O–H groups in total. The lowest BCUT2D eigenvalue weighted by atomic mass is 9.90. The van der Waals surface area contributed by atoms with E-state index < -0.39 is 31.5 Å². The summed E-state index contributed by atoms with van der Waals surface area (Å²) in [6, 6.07) is 2.28. The van der Waals surface area contributed by atoms with E-state index in [1.165, 1.54) is 0 Å². The van der Waals surface area contributed by atoms with E-state index in [9.17, 15) is 22.3 Å². The molecule has 0 bridgehead atoms. The molecule has 1 fully saturated rings. The Bertz CT molecular complexity index is 984. The minimum Gasteiger partial charge on any atom is -0.387 e. The Hall–Kier alpha value is -1.34. The molecule has 7 nitrogen and oxygen atoms in total. The van der Waals surface area contributed by atoms with E-state index in [4.69, 9.17) is 0 Å². The van der Waals surface area contributed by atoms with Crippen LogP contribution in [0.25, 0.3) is 0 Å². The third kappa shape index (κ3) is 6.10. The van der Waals surface area contributed by atoms with Crippen molar-refractivity contribution in [2.45, 2.75) is 42.6 Å². The number of hydrogen-bond donors (Lipinski definition) is 4. The van der Waals surface area contributed by atoms with Crippen LogP contribution in [0, 0.1) is 10.9 Å². The van der Waals surface area contributed by atoms with Gasteiger partial charge in [0.05, 0.1) is 17.5 Å². The number of halogens is 3. The molecule has 0 amide bonds. The molecule has 166 valence electrons. The van der Waals surface area contributed by atoms with Gasteiger partial charge < -0.3 is 15.7 Å².